The van der Waals surface area contributed by atoms with Gasteiger partial charge in [-0.15, -0.1) is 13.2 Å². The molecule has 0 fully saturated rings. The Morgan fingerprint density at radius 1 is 1.24 bits per heavy atom. The molecule has 0 radical (unpaired) electrons. The normalized spacial score (nSPS) is 11.3. The number of benzene rings is 1. The van der Waals surface area contributed by atoms with Gasteiger partial charge < -0.3 is 14.0 Å². The lowest BCUT2D eigenvalue weighted by Crippen LogP contribution is -2.16. The summed E-state index contributed by atoms with van der Waals surface area (Å²) < 4.78 is 49.9. The van der Waals surface area contributed by atoms with Gasteiger partial charge in [0, 0.05) is 19.4 Å². The molecule has 0 atom stereocenters. The summed E-state index contributed by atoms with van der Waals surface area (Å²) in [5.41, 5.74) is 0.652. The van der Waals surface area contributed by atoms with Crippen LogP contribution in [0.15, 0.2) is 28.8 Å². The number of esters is 1. The fourth-order valence-corrected chi connectivity index (χ4v) is 1.63. The Kier molecular flexibility index (Phi) is 3.88. The number of alkyl halides is 3. The molecule has 1 aromatic heterocycles. The van der Waals surface area contributed by atoms with Gasteiger partial charge in [-0.3, -0.25) is 4.79 Å². The molecular weight excluding hydrogens is 291 g/mol. The third kappa shape index (κ3) is 3.74. The highest BCUT2D eigenvalue weighted by atomic mass is 19.4. The molecule has 1 aromatic carbocycles. The summed E-state index contributed by atoms with van der Waals surface area (Å²) in [4.78, 5) is 11.0. The van der Waals surface area contributed by atoms with Gasteiger partial charge in [0.25, 0.3) is 0 Å². The predicted octanol–water partition coefficient (Wildman–Crippen LogP) is 3.47. The minimum Gasteiger partial charge on any atom is -0.420 e. The molecule has 21 heavy (non-hydrogen) atoms. The quantitative estimate of drug-likeness (QED) is 0.812. The molecule has 2 rings (SSSR count). The number of rotatable bonds is 3. The summed E-state index contributed by atoms with van der Waals surface area (Å²) in [5.74, 6) is -0.497. The number of carbonyl (C=O) groups is 1. The second kappa shape index (κ2) is 5.47. The van der Waals surface area contributed by atoms with E-state index in [-0.39, 0.29) is 23.0 Å². The number of hydrogen-bond acceptors (Lipinski definition) is 5. The van der Waals surface area contributed by atoms with Crippen molar-refractivity contribution in [1.82, 2.24) is 5.16 Å². The maximum Gasteiger partial charge on any atom is 0.573 e. The molecule has 5 nitrogen and oxygen atoms in total. The van der Waals surface area contributed by atoms with Gasteiger partial charge in [-0.25, -0.2) is 0 Å². The maximum absolute atomic E-state index is 12.1. The Morgan fingerprint density at radius 3 is 2.38 bits per heavy atom. The number of halogens is 3. The fraction of sp³-hybridized carbons (Fsp3) is 0.231. The lowest BCUT2D eigenvalue weighted by molar-refractivity contribution is -0.274. The van der Waals surface area contributed by atoms with Crippen molar-refractivity contribution in [2.45, 2.75) is 20.2 Å². The molecule has 2 aromatic rings. The van der Waals surface area contributed by atoms with E-state index in [2.05, 4.69) is 9.89 Å². The number of aryl methyl sites for hydroxylation is 1. The number of aromatic nitrogens is 1. The van der Waals surface area contributed by atoms with Crippen LogP contribution in [0.4, 0.5) is 13.2 Å². The lowest BCUT2D eigenvalue weighted by atomic mass is 10.1. The molecule has 0 saturated carbocycles. The highest BCUT2D eigenvalue weighted by molar-refractivity contribution is 5.75. The first-order chi connectivity index (χ1) is 9.76. The second-order valence-electron chi connectivity index (χ2n) is 4.08. The van der Waals surface area contributed by atoms with Crippen LogP contribution in [0.3, 0.4) is 0 Å². The average Bonchev–Trinajstić information content (AvgIpc) is 2.70. The first kappa shape index (κ1) is 14.9. The second-order valence-corrected chi connectivity index (χ2v) is 4.08. The van der Waals surface area contributed by atoms with Gasteiger partial charge in [-0.2, -0.15) is 0 Å². The minimum atomic E-state index is -4.76. The van der Waals surface area contributed by atoms with E-state index >= 15 is 0 Å². The molecule has 1 heterocycles. The van der Waals surface area contributed by atoms with Crippen molar-refractivity contribution in [3.63, 3.8) is 0 Å². The molecule has 0 N–H and O–H groups in total. The molecule has 0 bridgehead atoms. The number of nitrogens with zero attached hydrogens (tertiary/aromatic N) is 1. The summed E-state index contributed by atoms with van der Waals surface area (Å²) in [7, 11) is 0. The molecule has 0 aliphatic carbocycles. The van der Waals surface area contributed by atoms with E-state index < -0.39 is 12.3 Å². The smallest absolute Gasteiger partial charge is 0.420 e. The van der Waals surface area contributed by atoms with Crippen molar-refractivity contribution in [3.8, 4) is 22.8 Å². The van der Waals surface area contributed by atoms with E-state index in [1.54, 1.807) is 6.92 Å². The Morgan fingerprint density at radius 2 is 1.86 bits per heavy atom. The van der Waals surface area contributed by atoms with Gasteiger partial charge in [-0.05, 0) is 24.3 Å². The van der Waals surface area contributed by atoms with Crippen LogP contribution in [0, 0.1) is 6.92 Å². The van der Waals surface area contributed by atoms with Crippen LogP contribution in [-0.4, -0.2) is 17.5 Å². The van der Waals surface area contributed by atoms with Crippen LogP contribution >= 0.6 is 0 Å². The van der Waals surface area contributed by atoms with E-state index in [1.165, 1.54) is 19.1 Å². The van der Waals surface area contributed by atoms with Crippen LogP contribution in [0.1, 0.15) is 12.7 Å². The van der Waals surface area contributed by atoms with Gasteiger partial charge in [0.1, 0.15) is 5.75 Å². The van der Waals surface area contributed by atoms with Crippen LogP contribution in [0.5, 0.6) is 11.5 Å². The topological polar surface area (TPSA) is 61.6 Å². The predicted molar refractivity (Wildman–Crippen MR) is 64.7 cm³/mol. The summed E-state index contributed by atoms with van der Waals surface area (Å²) >= 11 is 0. The van der Waals surface area contributed by atoms with Gasteiger partial charge in [0.2, 0.25) is 5.75 Å². The fourth-order valence-electron chi connectivity index (χ4n) is 1.63. The molecule has 8 heteroatoms. The van der Waals surface area contributed by atoms with Crippen molar-refractivity contribution >= 4 is 5.97 Å². The zero-order valence-electron chi connectivity index (χ0n) is 11.0. The summed E-state index contributed by atoms with van der Waals surface area (Å²) in [5, 5.41) is 3.73. The molecule has 0 spiro atoms. The SMILES string of the molecule is CC(=O)Oc1c(-c2ccc(OC(F)(F)F)cc2)noc1C. The van der Waals surface area contributed by atoms with Crippen molar-refractivity contribution in [2.75, 3.05) is 0 Å². The summed E-state index contributed by atoms with van der Waals surface area (Å²) in [6.07, 6.45) is -4.76. The number of hydrogen-bond donors (Lipinski definition) is 0. The van der Waals surface area contributed by atoms with Crippen molar-refractivity contribution < 1.29 is 32.0 Å². The maximum atomic E-state index is 12.1. The Labute approximate surface area is 117 Å². The molecule has 0 aliphatic heterocycles. The van der Waals surface area contributed by atoms with Crippen molar-refractivity contribution in [1.29, 1.82) is 0 Å². The Hall–Kier alpha value is -2.51. The third-order valence-electron chi connectivity index (χ3n) is 2.42. The van der Waals surface area contributed by atoms with E-state index in [1.807, 2.05) is 0 Å². The highest BCUT2D eigenvalue weighted by Crippen LogP contribution is 2.33. The standard InChI is InChI=1S/C13H10F3NO4/c1-7-12(19-8(2)18)11(17-21-7)9-3-5-10(6-4-9)20-13(14,15)16/h3-6H,1-2H3. The van der Waals surface area contributed by atoms with Crippen molar-refractivity contribution in [3.05, 3.63) is 30.0 Å². The van der Waals surface area contributed by atoms with Crippen LogP contribution in [0.2, 0.25) is 0 Å². The first-order valence-corrected chi connectivity index (χ1v) is 5.77. The zero-order valence-corrected chi connectivity index (χ0v) is 11.0. The van der Waals surface area contributed by atoms with Crippen LogP contribution in [-0.2, 0) is 4.79 Å². The monoisotopic (exact) mass is 301 g/mol. The molecule has 0 aliphatic rings. The van der Waals surface area contributed by atoms with E-state index in [4.69, 9.17) is 9.26 Å². The number of ether oxygens (including phenoxy) is 2. The van der Waals surface area contributed by atoms with E-state index in [9.17, 15) is 18.0 Å². The van der Waals surface area contributed by atoms with Gasteiger partial charge in [0.05, 0.1) is 0 Å². The van der Waals surface area contributed by atoms with Gasteiger partial charge >= 0.3 is 12.3 Å². The number of carbonyl (C=O) groups excluding carboxylic acids is 1. The van der Waals surface area contributed by atoms with Gasteiger partial charge in [-0.1, -0.05) is 5.16 Å². The lowest BCUT2D eigenvalue weighted by Gasteiger charge is -2.09. The van der Waals surface area contributed by atoms with Crippen LogP contribution in [0.25, 0.3) is 11.3 Å². The zero-order chi connectivity index (χ0) is 15.6. The first-order valence-electron chi connectivity index (χ1n) is 5.77. The van der Waals surface area contributed by atoms with E-state index in [0.717, 1.165) is 12.1 Å². The molecular formula is C13H10F3NO4. The highest BCUT2D eigenvalue weighted by Gasteiger charge is 2.31. The van der Waals surface area contributed by atoms with E-state index in [0.29, 0.717) is 5.56 Å². The van der Waals surface area contributed by atoms with Gasteiger partial charge in [0.15, 0.2) is 11.5 Å². The third-order valence-corrected chi connectivity index (χ3v) is 2.42. The van der Waals surface area contributed by atoms with Crippen LogP contribution < -0.4 is 9.47 Å². The average molecular weight is 301 g/mol. The Bertz CT molecular complexity index is 646. The Balaban J connectivity index is 2.29. The summed E-state index contributed by atoms with van der Waals surface area (Å²) in [6, 6.07) is 4.96. The summed E-state index contributed by atoms with van der Waals surface area (Å²) in [6.45, 7) is 2.77. The molecule has 0 unspecified atom stereocenters. The molecule has 112 valence electrons. The minimum absolute atomic E-state index is 0.131. The van der Waals surface area contributed by atoms with Crippen molar-refractivity contribution in [2.24, 2.45) is 0 Å². The molecule has 0 amide bonds. The largest absolute Gasteiger partial charge is 0.573 e. The molecule has 0 saturated heterocycles.